The van der Waals surface area contributed by atoms with Gasteiger partial charge in [-0.15, -0.1) is 0 Å². The first-order chi connectivity index (χ1) is 11.6. The minimum Gasteiger partial charge on any atom is -0.341 e. The minimum absolute atomic E-state index is 0.0368. The Morgan fingerprint density at radius 1 is 1.29 bits per heavy atom. The average molecular weight is 327 g/mol. The van der Waals surface area contributed by atoms with Gasteiger partial charge in [0.2, 0.25) is 11.8 Å². The number of nitrogens with one attached hydrogen (secondary N) is 1. The summed E-state index contributed by atoms with van der Waals surface area (Å²) < 4.78 is 0. The summed E-state index contributed by atoms with van der Waals surface area (Å²) in [6, 6.07) is 8.13. The van der Waals surface area contributed by atoms with E-state index in [0.29, 0.717) is 12.5 Å². The molecule has 0 bridgehead atoms. The number of hydrogen-bond acceptors (Lipinski definition) is 3. The zero-order valence-corrected chi connectivity index (χ0v) is 14.4. The lowest BCUT2D eigenvalue weighted by molar-refractivity contribution is -0.135. The van der Waals surface area contributed by atoms with Gasteiger partial charge < -0.3 is 15.1 Å². The Morgan fingerprint density at radius 2 is 2.08 bits per heavy atom. The molecule has 2 aliphatic rings. The fourth-order valence-corrected chi connectivity index (χ4v) is 3.65. The lowest BCUT2D eigenvalue weighted by Gasteiger charge is -2.36. The van der Waals surface area contributed by atoms with Gasteiger partial charge in [-0.05, 0) is 37.1 Å². The molecule has 0 radical (unpaired) electrons. The Balaban J connectivity index is 1.79. The van der Waals surface area contributed by atoms with Crippen LogP contribution >= 0.6 is 0 Å². The monoisotopic (exact) mass is 327 g/mol. The molecule has 0 saturated carbocycles. The second-order valence-electron chi connectivity index (χ2n) is 6.56. The van der Waals surface area contributed by atoms with Crippen LogP contribution in [0.25, 0.3) is 6.08 Å². The number of rotatable bonds is 3. The number of nitrogens with zero attached hydrogens (tertiary/aromatic N) is 2. The molecule has 0 aromatic heterocycles. The van der Waals surface area contributed by atoms with E-state index in [1.165, 1.54) is 0 Å². The van der Waals surface area contributed by atoms with Crippen molar-refractivity contribution in [1.29, 1.82) is 0 Å². The van der Waals surface area contributed by atoms with Crippen LogP contribution in [0.5, 0.6) is 0 Å². The van der Waals surface area contributed by atoms with Crippen LogP contribution in [0.1, 0.15) is 43.4 Å². The van der Waals surface area contributed by atoms with Gasteiger partial charge in [-0.2, -0.15) is 0 Å². The van der Waals surface area contributed by atoms with E-state index in [0.717, 1.165) is 37.1 Å². The molecule has 2 heterocycles. The van der Waals surface area contributed by atoms with E-state index in [2.05, 4.69) is 5.32 Å². The highest BCUT2D eigenvalue weighted by atomic mass is 16.2. The third-order valence-electron chi connectivity index (χ3n) is 5.02. The highest BCUT2D eigenvalue weighted by Crippen LogP contribution is 2.33. The predicted octanol–water partition coefficient (Wildman–Crippen LogP) is 2.16. The Kier molecular flexibility index (Phi) is 5.00. The second-order valence-corrected chi connectivity index (χ2v) is 6.56. The summed E-state index contributed by atoms with van der Waals surface area (Å²) in [5, 5.41) is 3.27. The van der Waals surface area contributed by atoms with Crippen molar-refractivity contribution in [3.05, 3.63) is 41.6 Å². The Labute approximate surface area is 143 Å². The van der Waals surface area contributed by atoms with E-state index < -0.39 is 0 Å². The van der Waals surface area contributed by atoms with Gasteiger partial charge in [-0.1, -0.05) is 24.3 Å². The van der Waals surface area contributed by atoms with E-state index in [-0.39, 0.29) is 17.9 Å². The number of fused-ring (bicyclic) bond motifs is 1. The molecule has 1 saturated heterocycles. The summed E-state index contributed by atoms with van der Waals surface area (Å²) in [6.07, 6.45) is 6.20. The number of likely N-dealkylation sites (N-methyl/N-ethyl adjacent to an activating group) is 1. The zero-order valence-electron chi connectivity index (χ0n) is 14.4. The Bertz CT molecular complexity index is 656. The molecular weight excluding hydrogens is 302 g/mol. The molecule has 0 spiro atoms. The SMILES string of the molecule is CNC1CCCN(C(=O)CC2c3ccccc3C=CN2C(C)=O)C1. The summed E-state index contributed by atoms with van der Waals surface area (Å²) >= 11 is 0. The van der Waals surface area contributed by atoms with Crippen LogP contribution in [0.2, 0.25) is 0 Å². The van der Waals surface area contributed by atoms with Crippen LogP contribution < -0.4 is 5.32 Å². The summed E-state index contributed by atoms with van der Waals surface area (Å²) in [6.45, 7) is 3.11. The first-order valence-electron chi connectivity index (χ1n) is 8.61. The largest absolute Gasteiger partial charge is 0.341 e. The first-order valence-corrected chi connectivity index (χ1v) is 8.61. The van der Waals surface area contributed by atoms with Crippen molar-refractivity contribution in [2.45, 2.75) is 38.3 Å². The molecule has 2 aliphatic heterocycles. The van der Waals surface area contributed by atoms with Crippen LogP contribution in [-0.4, -0.2) is 47.8 Å². The van der Waals surface area contributed by atoms with E-state index in [4.69, 9.17) is 0 Å². The van der Waals surface area contributed by atoms with Crippen LogP contribution in [0, 0.1) is 0 Å². The van der Waals surface area contributed by atoms with Crippen molar-refractivity contribution >= 4 is 17.9 Å². The maximum atomic E-state index is 12.8. The van der Waals surface area contributed by atoms with E-state index in [1.807, 2.05) is 42.3 Å². The van der Waals surface area contributed by atoms with Crippen LogP contribution in [0.15, 0.2) is 30.5 Å². The number of carbonyl (C=O) groups excluding carboxylic acids is 2. The van der Waals surface area contributed by atoms with Crippen molar-refractivity contribution in [2.75, 3.05) is 20.1 Å². The van der Waals surface area contributed by atoms with Crippen LogP contribution in [-0.2, 0) is 9.59 Å². The lowest BCUT2D eigenvalue weighted by atomic mass is 9.93. The third kappa shape index (κ3) is 3.36. The fraction of sp³-hybridized carbons (Fsp3) is 0.474. The number of amides is 2. The van der Waals surface area contributed by atoms with Gasteiger partial charge in [0, 0.05) is 32.3 Å². The average Bonchev–Trinajstić information content (AvgIpc) is 2.61. The van der Waals surface area contributed by atoms with Gasteiger partial charge in [0.1, 0.15) is 0 Å². The van der Waals surface area contributed by atoms with Gasteiger partial charge in [-0.3, -0.25) is 9.59 Å². The first kappa shape index (κ1) is 16.7. The summed E-state index contributed by atoms with van der Waals surface area (Å²) in [5.41, 5.74) is 2.13. The molecule has 1 fully saturated rings. The van der Waals surface area contributed by atoms with E-state index >= 15 is 0 Å². The molecule has 5 nitrogen and oxygen atoms in total. The molecule has 5 heteroatoms. The highest BCUT2D eigenvalue weighted by molar-refractivity contribution is 5.82. The molecule has 128 valence electrons. The maximum absolute atomic E-state index is 12.8. The molecule has 2 unspecified atom stereocenters. The fourth-order valence-electron chi connectivity index (χ4n) is 3.65. The van der Waals surface area contributed by atoms with E-state index in [9.17, 15) is 9.59 Å². The molecular formula is C19H25N3O2. The molecule has 1 N–H and O–H groups in total. The molecule has 2 atom stereocenters. The summed E-state index contributed by atoms with van der Waals surface area (Å²) in [4.78, 5) is 28.5. The van der Waals surface area contributed by atoms with Crippen molar-refractivity contribution in [2.24, 2.45) is 0 Å². The second kappa shape index (κ2) is 7.18. The van der Waals surface area contributed by atoms with Crippen LogP contribution in [0.3, 0.4) is 0 Å². The van der Waals surface area contributed by atoms with Crippen molar-refractivity contribution in [3.63, 3.8) is 0 Å². The van der Waals surface area contributed by atoms with Gasteiger partial charge >= 0.3 is 0 Å². The number of piperidine rings is 1. The van der Waals surface area contributed by atoms with Gasteiger partial charge in [-0.25, -0.2) is 0 Å². The predicted molar refractivity (Wildman–Crippen MR) is 94.0 cm³/mol. The summed E-state index contributed by atoms with van der Waals surface area (Å²) in [5.74, 6) is 0.0848. The third-order valence-corrected chi connectivity index (χ3v) is 5.02. The number of likely N-dealkylation sites (tertiary alicyclic amines) is 1. The number of carbonyl (C=O) groups is 2. The standard InChI is InChI=1S/C19H25N3O2/c1-14(23)22-11-9-15-6-3-4-8-17(15)18(22)12-19(24)21-10-5-7-16(13-21)20-2/h3-4,6,8-9,11,16,18,20H,5,7,10,12-13H2,1-2H3. The maximum Gasteiger partial charge on any atom is 0.225 e. The van der Waals surface area contributed by atoms with Crippen molar-refractivity contribution in [1.82, 2.24) is 15.1 Å². The highest BCUT2D eigenvalue weighted by Gasteiger charge is 2.31. The van der Waals surface area contributed by atoms with Crippen molar-refractivity contribution < 1.29 is 9.59 Å². The van der Waals surface area contributed by atoms with E-state index in [1.54, 1.807) is 18.0 Å². The Morgan fingerprint density at radius 3 is 2.83 bits per heavy atom. The molecule has 0 aliphatic carbocycles. The Hall–Kier alpha value is -2.14. The van der Waals surface area contributed by atoms with Crippen LogP contribution in [0.4, 0.5) is 0 Å². The normalized spacial score (nSPS) is 23.1. The molecule has 2 amide bonds. The minimum atomic E-state index is -0.217. The number of hydrogen-bond donors (Lipinski definition) is 1. The lowest BCUT2D eigenvalue weighted by Crippen LogP contribution is -2.48. The van der Waals surface area contributed by atoms with Gasteiger partial charge in [0.05, 0.1) is 12.5 Å². The zero-order chi connectivity index (χ0) is 17.1. The molecule has 3 rings (SSSR count). The smallest absolute Gasteiger partial charge is 0.225 e. The number of benzene rings is 1. The van der Waals surface area contributed by atoms with Crippen molar-refractivity contribution in [3.8, 4) is 0 Å². The van der Waals surface area contributed by atoms with Gasteiger partial charge in [0.15, 0.2) is 0 Å². The molecule has 24 heavy (non-hydrogen) atoms. The van der Waals surface area contributed by atoms with Gasteiger partial charge in [0.25, 0.3) is 0 Å². The molecule has 1 aromatic carbocycles. The quantitative estimate of drug-likeness (QED) is 0.926. The topological polar surface area (TPSA) is 52.7 Å². The summed E-state index contributed by atoms with van der Waals surface area (Å²) in [7, 11) is 1.94. The molecule has 1 aromatic rings.